The highest BCUT2D eigenvalue weighted by molar-refractivity contribution is 6.30. The third-order valence-corrected chi connectivity index (χ3v) is 5.18. The fourth-order valence-corrected chi connectivity index (χ4v) is 3.48. The molecule has 0 saturated carbocycles. The Hall–Kier alpha value is -2.75. The summed E-state index contributed by atoms with van der Waals surface area (Å²) in [7, 11) is 1.50. The van der Waals surface area contributed by atoms with E-state index in [1.54, 1.807) is 18.2 Å². The minimum atomic E-state index is -0.160. The Kier molecular flexibility index (Phi) is 7.34. The number of piperidine rings is 1. The first-order valence-corrected chi connectivity index (χ1v) is 9.92. The number of nitriles is 1. The molecule has 7 heteroatoms. The van der Waals surface area contributed by atoms with Crippen LogP contribution < -0.4 is 14.8 Å². The number of nitrogens with zero attached hydrogens (tertiary/aromatic N) is 2. The van der Waals surface area contributed by atoms with Crippen molar-refractivity contribution in [3.63, 3.8) is 0 Å². The van der Waals surface area contributed by atoms with Gasteiger partial charge in [-0.15, -0.1) is 0 Å². The molecule has 0 atom stereocenters. The molecule has 1 aliphatic rings. The van der Waals surface area contributed by atoms with Crippen LogP contribution in [-0.2, 0) is 11.3 Å². The fourth-order valence-electron chi connectivity index (χ4n) is 3.35. The number of halogens is 1. The zero-order chi connectivity index (χ0) is 20.6. The number of nitrogens with one attached hydrogen (secondary N) is 1. The Labute approximate surface area is 176 Å². The molecule has 0 aliphatic carbocycles. The van der Waals surface area contributed by atoms with Gasteiger partial charge < -0.3 is 14.8 Å². The lowest BCUT2D eigenvalue weighted by Gasteiger charge is -2.32. The van der Waals surface area contributed by atoms with Crippen molar-refractivity contribution >= 4 is 17.5 Å². The molecule has 1 amide bonds. The second-order valence-corrected chi connectivity index (χ2v) is 7.45. The summed E-state index contributed by atoms with van der Waals surface area (Å²) in [5.74, 6) is 0.722. The summed E-state index contributed by atoms with van der Waals surface area (Å²) in [6.45, 7) is 2.66. The third-order valence-electron chi connectivity index (χ3n) is 4.92. The predicted octanol–water partition coefficient (Wildman–Crippen LogP) is 3.38. The summed E-state index contributed by atoms with van der Waals surface area (Å²) in [5.41, 5.74) is 1.71. The average Bonchev–Trinajstić information content (AvgIpc) is 2.75. The van der Waals surface area contributed by atoms with E-state index >= 15 is 0 Å². The summed E-state index contributed by atoms with van der Waals surface area (Å²) in [5, 5.41) is 12.7. The van der Waals surface area contributed by atoms with Crippen molar-refractivity contribution in [2.75, 3.05) is 26.8 Å². The molecule has 0 unspecified atom stereocenters. The number of methoxy groups -OCH3 is 1. The monoisotopic (exact) mass is 413 g/mol. The molecular weight excluding hydrogens is 390 g/mol. The van der Waals surface area contributed by atoms with Gasteiger partial charge in [-0.05, 0) is 42.7 Å². The van der Waals surface area contributed by atoms with Crippen LogP contribution in [0, 0.1) is 11.3 Å². The highest BCUT2D eigenvalue weighted by Crippen LogP contribution is 2.27. The van der Waals surface area contributed by atoms with Crippen LogP contribution in [0.4, 0.5) is 0 Å². The van der Waals surface area contributed by atoms with Crippen LogP contribution in [0.3, 0.4) is 0 Å². The van der Waals surface area contributed by atoms with E-state index in [1.807, 2.05) is 30.3 Å². The van der Waals surface area contributed by atoms with E-state index in [0.29, 0.717) is 17.1 Å². The fraction of sp³-hybridized carbons (Fsp3) is 0.364. The molecule has 1 N–H and O–H groups in total. The molecular formula is C22H24ClN3O3. The molecule has 152 valence electrons. The van der Waals surface area contributed by atoms with Crippen molar-refractivity contribution in [2.24, 2.45) is 0 Å². The molecule has 1 saturated heterocycles. The summed E-state index contributed by atoms with van der Waals surface area (Å²) >= 11 is 5.93. The molecule has 6 nitrogen and oxygen atoms in total. The van der Waals surface area contributed by atoms with Gasteiger partial charge in [0.25, 0.3) is 5.91 Å². The Balaban J connectivity index is 1.42. The van der Waals surface area contributed by atoms with E-state index < -0.39 is 0 Å². The Morgan fingerprint density at radius 1 is 1.21 bits per heavy atom. The highest BCUT2D eigenvalue weighted by Gasteiger charge is 2.21. The van der Waals surface area contributed by atoms with Gasteiger partial charge in [0.1, 0.15) is 0 Å². The molecule has 0 radical (unpaired) electrons. The van der Waals surface area contributed by atoms with Gasteiger partial charge in [-0.2, -0.15) is 5.26 Å². The third kappa shape index (κ3) is 6.11. The summed E-state index contributed by atoms with van der Waals surface area (Å²) in [6.07, 6.45) is 1.80. The quantitative estimate of drug-likeness (QED) is 0.753. The van der Waals surface area contributed by atoms with E-state index in [1.165, 1.54) is 12.7 Å². The van der Waals surface area contributed by atoms with Gasteiger partial charge in [0.2, 0.25) is 0 Å². The number of benzene rings is 2. The van der Waals surface area contributed by atoms with Gasteiger partial charge in [-0.3, -0.25) is 9.69 Å². The predicted molar refractivity (Wildman–Crippen MR) is 111 cm³/mol. The molecule has 1 aliphatic heterocycles. The number of likely N-dealkylation sites (tertiary alicyclic amines) is 1. The van der Waals surface area contributed by atoms with Crippen LogP contribution in [0.5, 0.6) is 11.5 Å². The van der Waals surface area contributed by atoms with Crippen LogP contribution >= 0.6 is 11.6 Å². The maximum absolute atomic E-state index is 12.3. The van der Waals surface area contributed by atoms with E-state index in [9.17, 15) is 4.79 Å². The number of amides is 1. The van der Waals surface area contributed by atoms with E-state index in [0.717, 1.165) is 37.5 Å². The van der Waals surface area contributed by atoms with Crippen molar-refractivity contribution in [1.29, 1.82) is 5.26 Å². The maximum Gasteiger partial charge on any atom is 0.258 e. The lowest BCUT2D eigenvalue weighted by atomic mass is 10.0. The molecule has 0 aromatic heterocycles. The molecule has 29 heavy (non-hydrogen) atoms. The SMILES string of the molecule is COc1cc(C#N)ccc1OCC(=O)NC1CCN(Cc2ccc(Cl)cc2)CC1. The van der Waals surface area contributed by atoms with Crippen LogP contribution in [0.15, 0.2) is 42.5 Å². The van der Waals surface area contributed by atoms with Crippen molar-refractivity contribution in [2.45, 2.75) is 25.4 Å². The van der Waals surface area contributed by atoms with Gasteiger partial charge >= 0.3 is 0 Å². The number of hydrogen-bond donors (Lipinski definition) is 1. The molecule has 2 aromatic carbocycles. The van der Waals surface area contributed by atoms with Gasteiger partial charge in [0.05, 0.1) is 18.7 Å². The van der Waals surface area contributed by atoms with Crippen molar-refractivity contribution < 1.29 is 14.3 Å². The van der Waals surface area contributed by atoms with E-state index in [-0.39, 0.29) is 18.6 Å². The van der Waals surface area contributed by atoms with Crippen LogP contribution in [-0.4, -0.2) is 43.7 Å². The zero-order valence-electron chi connectivity index (χ0n) is 16.4. The van der Waals surface area contributed by atoms with Gasteiger partial charge in [0, 0.05) is 36.8 Å². The average molecular weight is 414 g/mol. The molecule has 2 aromatic rings. The smallest absolute Gasteiger partial charge is 0.258 e. The normalized spacial score (nSPS) is 14.8. The van der Waals surface area contributed by atoms with Gasteiger partial charge in [-0.1, -0.05) is 23.7 Å². The standard InChI is InChI=1S/C22H24ClN3O3/c1-28-21-12-17(13-24)4-7-20(21)29-15-22(27)25-19-8-10-26(11-9-19)14-16-2-5-18(23)6-3-16/h2-7,12,19H,8-11,14-15H2,1H3,(H,25,27). The Bertz CT molecular complexity index is 872. The lowest BCUT2D eigenvalue weighted by Crippen LogP contribution is -2.45. The second-order valence-electron chi connectivity index (χ2n) is 7.01. The first-order valence-electron chi connectivity index (χ1n) is 9.54. The summed E-state index contributed by atoms with van der Waals surface area (Å²) in [6, 6.07) is 15.0. The number of ether oxygens (including phenoxy) is 2. The first kappa shape index (κ1) is 21.0. The van der Waals surface area contributed by atoms with E-state index in [2.05, 4.69) is 10.2 Å². The number of carbonyl (C=O) groups excluding carboxylic acids is 1. The van der Waals surface area contributed by atoms with Crippen LogP contribution in [0.1, 0.15) is 24.0 Å². The van der Waals surface area contributed by atoms with Crippen molar-refractivity contribution in [3.8, 4) is 17.6 Å². The topological polar surface area (TPSA) is 74.6 Å². The van der Waals surface area contributed by atoms with Crippen LogP contribution in [0.25, 0.3) is 0 Å². The van der Waals surface area contributed by atoms with Crippen molar-refractivity contribution in [3.05, 3.63) is 58.6 Å². The molecule has 3 rings (SSSR count). The van der Waals surface area contributed by atoms with Crippen molar-refractivity contribution in [1.82, 2.24) is 10.2 Å². The number of hydrogen-bond acceptors (Lipinski definition) is 5. The lowest BCUT2D eigenvalue weighted by molar-refractivity contribution is -0.124. The maximum atomic E-state index is 12.3. The highest BCUT2D eigenvalue weighted by atomic mass is 35.5. The molecule has 0 bridgehead atoms. The first-order chi connectivity index (χ1) is 14.1. The number of rotatable bonds is 7. The van der Waals surface area contributed by atoms with Gasteiger partial charge in [0.15, 0.2) is 18.1 Å². The Morgan fingerprint density at radius 3 is 2.59 bits per heavy atom. The Morgan fingerprint density at radius 2 is 1.93 bits per heavy atom. The van der Waals surface area contributed by atoms with Gasteiger partial charge in [-0.25, -0.2) is 0 Å². The zero-order valence-corrected chi connectivity index (χ0v) is 17.1. The number of carbonyl (C=O) groups is 1. The molecule has 1 fully saturated rings. The summed E-state index contributed by atoms with van der Waals surface area (Å²) < 4.78 is 10.8. The van der Waals surface area contributed by atoms with E-state index in [4.69, 9.17) is 26.3 Å². The summed E-state index contributed by atoms with van der Waals surface area (Å²) in [4.78, 5) is 14.6. The second kappa shape index (κ2) is 10.1. The minimum absolute atomic E-state index is 0.0900. The molecule has 0 spiro atoms. The largest absolute Gasteiger partial charge is 0.493 e. The van der Waals surface area contributed by atoms with Crippen LogP contribution in [0.2, 0.25) is 5.02 Å². The minimum Gasteiger partial charge on any atom is -0.493 e. The molecule has 1 heterocycles.